The van der Waals surface area contributed by atoms with Gasteiger partial charge in [-0.25, -0.2) is 9.97 Å². The first-order valence-electron chi connectivity index (χ1n) is 6.98. The smallest absolute Gasteiger partial charge is 0.221 e. The van der Waals surface area contributed by atoms with Gasteiger partial charge in [-0.3, -0.25) is 4.79 Å². The Morgan fingerprint density at radius 1 is 1.09 bits per heavy atom. The number of hydrogen-bond donors (Lipinski definition) is 2. The van der Waals surface area contributed by atoms with Crippen LogP contribution in [-0.2, 0) is 4.79 Å². The minimum absolute atomic E-state index is 0.100. The molecule has 2 aromatic carbocycles. The predicted molar refractivity (Wildman–Crippen MR) is 88.3 cm³/mol. The van der Waals surface area contributed by atoms with Gasteiger partial charge in [0.25, 0.3) is 0 Å². The van der Waals surface area contributed by atoms with E-state index in [1.165, 1.54) is 13.3 Å². The molecular weight excluding hydrogens is 276 g/mol. The van der Waals surface area contributed by atoms with Gasteiger partial charge in [-0.1, -0.05) is 18.2 Å². The lowest BCUT2D eigenvalue weighted by Crippen LogP contribution is -2.07. The summed E-state index contributed by atoms with van der Waals surface area (Å²) in [5.74, 6) is 0.611. The summed E-state index contributed by atoms with van der Waals surface area (Å²) in [6.45, 7) is 3.44. The van der Waals surface area contributed by atoms with Crippen LogP contribution in [0.1, 0.15) is 12.5 Å². The van der Waals surface area contributed by atoms with Crippen molar-refractivity contribution >= 4 is 34.0 Å². The van der Waals surface area contributed by atoms with Gasteiger partial charge in [-0.05, 0) is 36.8 Å². The Labute approximate surface area is 128 Å². The number of carbonyl (C=O) groups is 1. The number of para-hydroxylation sites is 1. The highest BCUT2D eigenvalue weighted by atomic mass is 16.1. The molecular formula is C17H16N4O. The van der Waals surface area contributed by atoms with Crippen LogP contribution in [0.3, 0.4) is 0 Å². The van der Waals surface area contributed by atoms with E-state index in [0.717, 1.165) is 27.8 Å². The van der Waals surface area contributed by atoms with E-state index in [1.54, 1.807) is 0 Å². The molecule has 0 unspecified atom stereocenters. The molecule has 2 N–H and O–H groups in total. The standard InChI is InChI=1S/C17H16N4O/c1-11-8-16-14(9-15(11)20-12(2)22)17(19-10-18-16)21-13-6-4-3-5-7-13/h3-10H,1-2H3,(H,20,22)(H,18,19,21). The number of amides is 1. The fourth-order valence-electron chi connectivity index (χ4n) is 2.29. The minimum Gasteiger partial charge on any atom is -0.340 e. The Kier molecular flexibility index (Phi) is 3.70. The molecule has 0 bridgehead atoms. The van der Waals surface area contributed by atoms with Crippen molar-refractivity contribution in [3.05, 3.63) is 54.4 Å². The van der Waals surface area contributed by atoms with Crippen LogP contribution in [0, 0.1) is 6.92 Å². The number of benzene rings is 2. The molecule has 5 nitrogen and oxygen atoms in total. The zero-order chi connectivity index (χ0) is 15.5. The van der Waals surface area contributed by atoms with Gasteiger partial charge < -0.3 is 10.6 Å². The summed E-state index contributed by atoms with van der Waals surface area (Å²) in [4.78, 5) is 19.9. The topological polar surface area (TPSA) is 66.9 Å². The van der Waals surface area contributed by atoms with E-state index in [-0.39, 0.29) is 5.91 Å². The van der Waals surface area contributed by atoms with Gasteiger partial charge in [-0.2, -0.15) is 0 Å². The molecule has 110 valence electrons. The summed E-state index contributed by atoms with van der Waals surface area (Å²) in [5, 5.41) is 6.98. The fraction of sp³-hybridized carbons (Fsp3) is 0.118. The Hall–Kier alpha value is -2.95. The molecule has 0 aliphatic rings. The third kappa shape index (κ3) is 2.88. The molecule has 1 amide bonds. The number of anilines is 3. The fourth-order valence-corrected chi connectivity index (χ4v) is 2.29. The first kappa shape index (κ1) is 14.0. The Morgan fingerprint density at radius 3 is 2.59 bits per heavy atom. The normalized spacial score (nSPS) is 10.5. The molecule has 0 saturated heterocycles. The van der Waals surface area contributed by atoms with Crippen molar-refractivity contribution in [2.75, 3.05) is 10.6 Å². The van der Waals surface area contributed by atoms with E-state index in [9.17, 15) is 4.79 Å². The summed E-state index contributed by atoms with van der Waals surface area (Å²) in [6, 6.07) is 13.7. The SMILES string of the molecule is CC(=O)Nc1cc2c(Nc3ccccc3)ncnc2cc1C. The number of nitrogens with one attached hydrogen (secondary N) is 2. The average Bonchev–Trinajstić information content (AvgIpc) is 2.49. The maximum absolute atomic E-state index is 11.3. The van der Waals surface area contributed by atoms with Gasteiger partial charge in [0, 0.05) is 23.7 Å². The van der Waals surface area contributed by atoms with Crippen LogP contribution in [0.2, 0.25) is 0 Å². The second-order valence-electron chi connectivity index (χ2n) is 5.08. The second-order valence-corrected chi connectivity index (χ2v) is 5.08. The van der Waals surface area contributed by atoms with Crippen LogP contribution in [0.15, 0.2) is 48.8 Å². The average molecular weight is 292 g/mol. The van der Waals surface area contributed by atoms with E-state index in [2.05, 4.69) is 20.6 Å². The van der Waals surface area contributed by atoms with Gasteiger partial charge in [0.05, 0.1) is 5.52 Å². The zero-order valence-corrected chi connectivity index (χ0v) is 12.4. The lowest BCUT2D eigenvalue weighted by atomic mass is 10.1. The number of carbonyl (C=O) groups excluding carboxylic acids is 1. The van der Waals surface area contributed by atoms with Crippen molar-refractivity contribution in [1.82, 2.24) is 9.97 Å². The first-order valence-corrected chi connectivity index (χ1v) is 6.98. The lowest BCUT2D eigenvalue weighted by Gasteiger charge is -2.12. The molecule has 1 aromatic heterocycles. The Bertz CT molecular complexity index is 831. The van der Waals surface area contributed by atoms with Crippen molar-refractivity contribution < 1.29 is 4.79 Å². The van der Waals surface area contributed by atoms with Crippen LogP contribution in [-0.4, -0.2) is 15.9 Å². The molecule has 0 aliphatic heterocycles. The Balaban J connectivity index is 2.08. The van der Waals surface area contributed by atoms with Crippen molar-refractivity contribution in [3.63, 3.8) is 0 Å². The minimum atomic E-state index is -0.100. The molecule has 3 rings (SSSR count). The van der Waals surface area contributed by atoms with Crippen molar-refractivity contribution in [1.29, 1.82) is 0 Å². The summed E-state index contributed by atoms with van der Waals surface area (Å²) >= 11 is 0. The van der Waals surface area contributed by atoms with Crippen LogP contribution in [0.5, 0.6) is 0 Å². The summed E-state index contributed by atoms with van der Waals surface area (Å²) in [7, 11) is 0. The van der Waals surface area contributed by atoms with E-state index in [4.69, 9.17) is 0 Å². The van der Waals surface area contributed by atoms with E-state index < -0.39 is 0 Å². The van der Waals surface area contributed by atoms with Gasteiger partial charge in [-0.15, -0.1) is 0 Å². The molecule has 1 heterocycles. The van der Waals surface area contributed by atoms with Crippen molar-refractivity contribution in [3.8, 4) is 0 Å². The monoisotopic (exact) mass is 292 g/mol. The molecule has 0 radical (unpaired) electrons. The number of aryl methyl sites for hydroxylation is 1. The van der Waals surface area contributed by atoms with Gasteiger partial charge in [0.1, 0.15) is 12.1 Å². The molecule has 3 aromatic rings. The number of fused-ring (bicyclic) bond motifs is 1. The van der Waals surface area contributed by atoms with Crippen LogP contribution >= 0.6 is 0 Å². The number of hydrogen-bond acceptors (Lipinski definition) is 4. The molecule has 0 fully saturated rings. The molecule has 0 saturated carbocycles. The molecule has 0 aliphatic carbocycles. The van der Waals surface area contributed by atoms with E-state index in [0.29, 0.717) is 5.82 Å². The largest absolute Gasteiger partial charge is 0.340 e. The summed E-state index contributed by atoms with van der Waals surface area (Å²) in [6.07, 6.45) is 1.53. The summed E-state index contributed by atoms with van der Waals surface area (Å²) in [5.41, 5.74) is 3.52. The van der Waals surface area contributed by atoms with E-state index in [1.807, 2.05) is 49.4 Å². The Morgan fingerprint density at radius 2 is 1.86 bits per heavy atom. The van der Waals surface area contributed by atoms with Crippen LogP contribution in [0.4, 0.5) is 17.2 Å². The van der Waals surface area contributed by atoms with Gasteiger partial charge in [0.15, 0.2) is 0 Å². The molecule has 5 heteroatoms. The highest BCUT2D eigenvalue weighted by Gasteiger charge is 2.09. The molecule has 22 heavy (non-hydrogen) atoms. The third-order valence-corrected chi connectivity index (χ3v) is 3.33. The highest BCUT2D eigenvalue weighted by Crippen LogP contribution is 2.28. The second kappa shape index (κ2) is 5.81. The van der Waals surface area contributed by atoms with Crippen molar-refractivity contribution in [2.45, 2.75) is 13.8 Å². The van der Waals surface area contributed by atoms with Crippen molar-refractivity contribution in [2.24, 2.45) is 0 Å². The van der Waals surface area contributed by atoms with Gasteiger partial charge in [0.2, 0.25) is 5.91 Å². The predicted octanol–water partition coefficient (Wildman–Crippen LogP) is 3.64. The summed E-state index contributed by atoms with van der Waals surface area (Å²) < 4.78 is 0. The first-order chi connectivity index (χ1) is 10.6. The lowest BCUT2D eigenvalue weighted by molar-refractivity contribution is -0.114. The number of rotatable bonds is 3. The van der Waals surface area contributed by atoms with Gasteiger partial charge >= 0.3 is 0 Å². The quantitative estimate of drug-likeness (QED) is 0.773. The highest BCUT2D eigenvalue weighted by molar-refractivity contribution is 5.97. The number of nitrogens with zero attached hydrogens (tertiary/aromatic N) is 2. The van der Waals surface area contributed by atoms with E-state index >= 15 is 0 Å². The maximum atomic E-state index is 11.3. The van der Waals surface area contributed by atoms with Crippen LogP contribution in [0.25, 0.3) is 10.9 Å². The van der Waals surface area contributed by atoms with Crippen LogP contribution < -0.4 is 10.6 Å². The maximum Gasteiger partial charge on any atom is 0.221 e. The number of aromatic nitrogens is 2. The zero-order valence-electron chi connectivity index (χ0n) is 12.4. The third-order valence-electron chi connectivity index (χ3n) is 3.33. The molecule has 0 spiro atoms. The molecule has 0 atom stereocenters.